The fraction of sp³-hybridized carbons (Fsp3) is 0.259. The molecule has 6 nitrogen and oxygen atoms in total. The second kappa shape index (κ2) is 9.88. The van der Waals surface area contributed by atoms with Crippen LogP contribution in [-0.2, 0) is 0 Å². The van der Waals surface area contributed by atoms with Crippen molar-refractivity contribution in [1.29, 1.82) is 0 Å². The highest BCUT2D eigenvalue weighted by atomic mass is 16.5. The summed E-state index contributed by atoms with van der Waals surface area (Å²) >= 11 is 0. The molecule has 1 saturated heterocycles. The molecule has 1 aromatic heterocycles. The number of methoxy groups -OCH3 is 1. The molecule has 0 bridgehead atoms. The Morgan fingerprint density at radius 1 is 0.818 bits per heavy atom. The fourth-order valence-corrected chi connectivity index (χ4v) is 4.11. The molecule has 0 saturated carbocycles. The van der Waals surface area contributed by atoms with E-state index < -0.39 is 0 Å². The minimum absolute atomic E-state index is 0.481. The highest BCUT2D eigenvalue weighted by Gasteiger charge is 2.15. The molecule has 0 aliphatic carbocycles. The largest absolute Gasteiger partial charge is 0.493 e. The van der Waals surface area contributed by atoms with E-state index in [-0.39, 0.29) is 0 Å². The number of rotatable bonds is 8. The molecule has 168 valence electrons. The molecule has 0 N–H and O–H groups in total. The minimum atomic E-state index is 0.481. The molecule has 0 unspecified atom stereocenters. The molecule has 0 amide bonds. The van der Waals surface area contributed by atoms with Gasteiger partial charge in [-0.2, -0.15) is 4.98 Å². The number of benzene rings is 3. The van der Waals surface area contributed by atoms with Crippen LogP contribution >= 0.6 is 0 Å². The van der Waals surface area contributed by atoms with Crippen LogP contribution in [0.15, 0.2) is 77.3 Å². The van der Waals surface area contributed by atoms with Crippen LogP contribution in [0.2, 0.25) is 0 Å². The lowest BCUT2D eigenvalue weighted by Gasteiger charge is -2.16. The van der Waals surface area contributed by atoms with Gasteiger partial charge in [-0.15, -0.1) is 0 Å². The Kier molecular flexibility index (Phi) is 6.35. The second-order valence-corrected chi connectivity index (χ2v) is 8.13. The number of nitrogens with zero attached hydrogens (tertiary/aromatic N) is 3. The first kappa shape index (κ1) is 21.2. The zero-order valence-corrected chi connectivity index (χ0v) is 18.7. The van der Waals surface area contributed by atoms with Gasteiger partial charge in [0.25, 0.3) is 5.89 Å². The lowest BCUT2D eigenvalue weighted by molar-refractivity contribution is 0.230. The standard InChI is InChI=1S/C27H27N3O3/c1-31-25-19-23(13-14-24(25)32-18-17-30-15-5-6-16-30)26-28-27(33-29-26)22-11-9-21(10-12-22)20-7-3-2-4-8-20/h2-4,7-14,19H,5-6,15-18H2,1H3. The van der Waals surface area contributed by atoms with Crippen LogP contribution in [0.1, 0.15) is 12.8 Å². The number of aromatic nitrogens is 2. The molecule has 0 radical (unpaired) electrons. The average molecular weight is 442 g/mol. The lowest BCUT2D eigenvalue weighted by atomic mass is 10.0. The first-order valence-electron chi connectivity index (χ1n) is 11.3. The number of hydrogen-bond acceptors (Lipinski definition) is 6. The van der Waals surface area contributed by atoms with Crippen LogP contribution in [0.4, 0.5) is 0 Å². The van der Waals surface area contributed by atoms with Gasteiger partial charge in [0, 0.05) is 17.7 Å². The van der Waals surface area contributed by atoms with E-state index in [0.717, 1.165) is 42.1 Å². The van der Waals surface area contributed by atoms with Crippen molar-refractivity contribution in [2.24, 2.45) is 0 Å². The summed E-state index contributed by atoms with van der Waals surface area (Å²) in [4.78, 5) is 7.02. The third-order valence-corrected chi connectivity index (χ3v) is 5.95. The van der Waals surface area contributed by atoms with Crippen LogP contribution < -0.4 is 9.47 Å². The van der Waals surface area contributed by atoms with E-state index in [1.54, 1.807) is 7.11 Å². The maximum Gasteiger partial charge on any atom is 0.258 e. The Bertz CT molecular complexity index is 1180. The smallest absolute Gasteiger partial charge is 0.258 e. The van der Waals surface area contributed by atoms with Gasteiger partial charge in [0.05, 0.1) is 7.11 Å². The van der Waals surface area contributed by atoms with Gasteiger partial charge in [0.15, 0.2) is 11.5 Å². The molecule has 1 aliphatic rings. The Balaban J connectivity index is 1.28. The quantitative estimate of drug-likeness (QED) is 0.357. The summed E-state index contributed by atoms with van der Waals surface area (Å²) in [6, 6.07) is 24.1. The molecule has 2 heterocycles. The first-order valence-corrected chi connectivity index (χ1v) is 11.3. The molecule has 5 rings (SSSR count). The highest BCUT2D eigenvalue weighted by molar-refractivity contribution is 5.68. The van der Waals surface area contributed by atoms with E-state index in [4.69, 9.17) is 14.0 Å². The molecule has 33 heavy (non-hydrogen) atoms. The summed E-state index contributed by atoms with van der Waals surface area (Å²) in [5, 5.41) is 4.17. The van der Waals surface area contributed by atoms with Gasteiger partial charge in [0.2, 0.25) is 5.82 Å². The molecular formula is C27H27N3O3. The molecule has 3 aromatic carbocycles. The summed E-state index contributed by atoms with van der Waals surface area (Å²) in [6.45, 7) is 3.90. The van der Waals surface area contributed by atoms with E-state index in [1.807, 2.05) is 48.5 Å². The Morgan fingerprint density at radius 2 is 1.52 bits per heavy atom. The van der Waals surface area contributed by atoms with Crippen molar-refractivity contribution in [2.45, 2.75) is 12.8 Å². The zero-order valence-electron chi connectivity index (χ0n) is 18.7. The van der Waals surface area contributed by atoms with Crippen molar-refractivity contribution in [1.82, 2.24) is 15.0 Å². The van der Waals surface area contributed by atoms with Crippen LogP contribution in [0.3, 0.4) is 0 Å². The Labute approximate surface area is 193 Å². The monoisotopic (exact) mass is 441 g/mol. The molecule has 0 atom stereocenters. The van der Waals surface area contributed by atoms with Gasteiger partial charge in [0.1, 0.15) is 6.61 Å². The summed E-state index contributed by atoms with van der Waals surface area (Å²) in [5.74, 6) is 2.38. The minimum Gasteiger partial charge on any atom is -0.493 e. The average Bonchev–Trinajstić information content (AvgIpc) is 3.58. The molecule has 0 spiro atoms. The molecule has 1 aliphatic heterocycles. The second-order valence-electron chi connectivity index (χ2n) is 8.13. The maximum absolute atomic E-state index is 5.97. The summed E-state index contributed by atoms with van der Waals surface area (Å²) < 4.78 is 17.1. The lowest BCUT2D eigenvalue weighted by Crippen LogP contribution is -2.25. The zero-order chi connectivity index (χ0) is 22.5. The fourth-order valence-electron chi connectivity index (χ4n) is 4.11. The number of hydrogen-bond donors (Lipinski definition) is 0. The highest BCUT2D eigenvalue weighted by Crippen LogP contribution is 2.32. The van der Waals surface area contributed by atoms with Crippen LogP contribution in [-0.4, -0.2) is 48.4 Å². The summed E-state index contributed by atoms with van der Waals surface area (Å²) in [7, 11) is 1.64. The third kappa shape index (κ3) is 4.91. The third-order valence-electron chi connectivity index (χ3n) is 5.95. The van der Waals surface area contributed by atoms with Crippen LogP contribution in [0.25, 0.3) is 34.0 Å². The van der Waals surface area contributed by atoms with Crippen molar-refractivity contribution in [3.05, 3.63) is 72.8 Å². The number of ether oxygens (including phenoxy) is 2. The molecule has 1 fully saturated rings. The predicted molar refractivity (Wildman–Crippen MR) is 128 cm³/mol. The van der Waals surface area contributed by atoms with Gasteiger partial charge < -0.3 is 14.0 Å². The van der Waals surface area contributed by atoms with E-state index >= 15 is 0 Å². The molecule has 6 heteroatoms. The predicted octanol–water partition coefficient (Wildman–Crippen LogP) is 5.55. The van der Waals surface area contributed by atoms with Gasteiger partial charge in [-0.3, -0.25) is 4.90 Å². The van der Waals surface area contributed by atoms with E-state index in [1.165, 1.54) is 18.4 Å². The Hall–Kier alpha value is -3.64. The first-order chi connectivity index (χ1) is 16.3. The van der Waals surface area contributed by atoms with Gasteiger partial charge in [-0.05, 0) is 67.4 Å². The van der Waals surface area contributed by atoms with Crippen molar-refractivity contribution >= 4 is 0 Å². The number of likely N-dealkylation sites (tertiary alicyclic amines) is 1. The molecule has 4 aromatic rings. The molecular weight excluding hydrogens is 414 g/mol. The van der Waals surface area contributed by atoms with Gasteiger partial charge >= 0.3 is 0 Å². The topological polar surface area (TPSA) is 60.6 Å². The maximum atomic E-state index is 5.97. The summed E-state index contributed by atoms with van der Waals surface area (Å²) in [6.07, 6.45) is 2.56. The van der Waals surface area contributed by atoms with E-state index in [9.17, 15) is 0 Å². The van der Waals surface area contributed by atoms with Crippen molar-refractivity contribution in [3.63, 3.8) is 0 Å². The van der Waals surface area contributed by atoms with Gasteiger partial charge in [-0.1, -0.05) is 47.6 Å². The van der Waals surface area contributed by atoms with Crippen LogP contribution in [0, 0.1) is 0 Å². The van der Waals surface area contributed by atoms with Crippen LogP contribution in [0.5, 0.6) is 11.5 Å². The van der Waals surface area contributed by atoms with Gasteiger partial charge in [-0.25, -0.2) is 0 Å². The Morgan fingerprint density at radius 3 is 2.27 bits per heavy atom. The van der Waals surface area contributed by atoms with Crippen molar-refractivity contribution in [2.75, 3.05) is 33.4 Å². The van der Waals surface area contributed by atoms with Crippen molar-refractivity contribution in [3.8, 4) is 45.5 Å². The summed E-state index contributed by atoms with van der Waals surface area (Å²) in [5.41, 5.74) is 4.01. The van der Waals surface area contributed by atoms with E-state index in [0.29, 0.717) is 24.1 Å². The normalized spacial score (nSPS) is 13.8. The SMILES string of the molecule is COc1cc(-c2noc(-c3ccc(-c4ccccc4)cc3)n2)ccc1OCCN1CCCC1. The van der Waals surface area contributed by atoms with E-state index in [2.05, 4.69) is 39.3 Å². The van der Waals surface area contributed by atoms with Crippen molar-refractivity contribution < 1.29 is 14.0 Å².